The van der Waals surface area contributed by atoms with Gasteiger partial charge in [-0.05, 0) is 64.0 Å². The second-order valence-corrected chi connectivity index (χ2v) is 7.92. The number of H-pyrrole nitrogens is 2. The molecule has 0 amide bonds. The van der Waals surface area contributed by atoms with Crippen LogP contribution in [0.1, 0.15) is 16.5 Å². The highest BCUT2D eigenvalue weighted by molar-refractivity contribution is 14.1. The van der Waals surface area contributed by atoms with Crippen molar-refractivity contribution in [3.8, 4) is 0 Å². The molecule has 1 atom stereocenters. The first-order chi connectivity index (χ1) is 9.95. The number of alkyl halides is 1. The number of nitrogens with one attached hydrogen (secondary N) is 2. The monoisotopic (exact) mass is 540 g/mol. The highest BCUT2D eigenvalue weighted by atomic mass is 127. The van der Waals surface area contributed by atoms with E-state index in [4.69, 9.17) is 11.6 Å². The summed E-state index contributed by atoms with van der Waals surface area (Å²) in [4.78, 5) is 16.9. The lowest BCUT2D eigenvalue weighted by molar-refractivity contribution is 1.12. The normalized spacial score (nSPS) is 12.8. The van der Waals surface area contributed by atoms with E-state index < -0.39 is 0 Å². The summed E-state index contributed by atoms with van der Waals surface area (Å²) in [6, 6.07) is 9.79. The summed E-state index contributed by atoms with van der Waals surface area (Å²) >= 11 is 16.0. The number of benzene rings is 2. The fourth-order valence-electron chi connectivity index (χ4n) is 2.14. The van der Waals surface area contributed by atoms with Gasteiger partial charge in [0, 0.05) is 12.5 Å². The summed E-state index contributed by atoms with van der Waals surface area (Å²) in [6.07, 6.45) is 0. The standard InChI is InChI=1S/C14H8Br2ClIN2O/c15-9-2-1-6(18)3-7(9)13(17)8-4-11-12(5-10(8)16)20-14(21)19-11/h1-5,13H,(H2,19,20,21). The average molecular weight is 542 g/mol. The van der Waals surface area contributed by atoms with Crippen molar-refractivity contribution in [2.24, 2.45) is 0 Å². The van der Waals surface area contributed by atoms with Gasteiger partial charge in [-0.25, -0.2) is 4.79 Å². The van der Waals surface area contributed by atoms with Crippen molar-refractivity contribution < 1.29 is 0 Å². The number of fused-ring (bicyclic) bond motifs is 1. The Hall–Kier alpha value is -0.310. The van der Waals surface area contributed by atoms with E-state index in [9.17, 15) is 4.79 Å². The van der Waals surface area contributed by atoms with Crippen LogP contribution >= 0.6 is 66.1 Å². The van der Waals surface area contributed by atoms with Crippen LogP contribution in [-0.2, 0) is 0 Å². The second-order valence-electron chi connectivity index (χ2n) is 4.53. The summed E-state index contributed by atoms with van der Waals surface area (Å²) < 4.78 is 2.93. The Balaban J connectivity index is 2.16. The number of imidazole rings is 1. The molecule has 0 aliphatic rings. The lowest BCUT2D eigenvalue weighted by Gasteiger charge is -2.15. The molecule has 0 bridgehead atoms. The van der Waals surface area contributed by atoms with Crippen LogP contribution in [0.5, 0.6) is 0 Å². The molecule has 108 valence electrons. The third-order valence-corrected chi connectivity index (χ3v) is 5.69. The van der Waals surface area contributed by atoms with Gasteiger partial charge in [-0.3, -0.25) is 0 Å². The molecule has 21 heavy (non-hydrogen) atoms. The van der Waals surface area contributed by atoms with Crippen molar-refractivity contribution in [1.82, 2.24) is 9.97 Å². The Morgan fingerprint density at radius 2 is 1.62 bits per heavy atom. The molecule has 0 saturated carbocycles. The molecule has 2 aromatic carbocycles. The van der Waals surface area contributed by atoms with E-state index in [-0.39, 0.29) is 11.1 Å². The first kappa shape index (κ1) is 15.6. The zero-order valence-electron chi connectivity index (χ0n) is 10.4. The molecular weight excluding hydrogens is 534 g/mol. The highest BCUT2D eigenvalue weighted by Crippen LogP contribution is 2.39. The van der Waals surface area contributed by atoms with Gasteiger partial charge in [0.25, 0.3) is 0 Å². The molecule has 0 fully saturated rings. The third-order valence-electron chi connectivity index (χ3n) is 3.14. The summed E-state index contributed by atoms with van der Waals surface area (Å²) in [5, 5.41) is -0.328. The van der Waals surface area contributed by atoms with Gasteiger partial charge in [0.05, 0.1) is 16.4 Å². The Morgan fingerprint density at radius 1 is 1.00 bits per heavy atom. The fourth-order valence-corrected chi connectivity index (χ4v) is 4.33. The molecule has 0 radical (unpaired) electrons. The molecule has 3 rings (SSSR count). The molecule has 1 unspecified atom stereocenters. The SMILES string of the molecule is O=c1[nH]c2cc(Br)c(C(Cl)c3cc(I)ccc3Br)cc2[nH]1. The van der Waals surface area contributed by atoms with Crippen LogP contribution < -0.4 is 5.69 Å². The van der Waals surface area contributed by atoms with E-state index in [2.05, 4.69) is 64.4 Å². The van der Waals surface area contributed by atoms with E-state index in [1.807, 2.05) is 30.3 Å². The van der Waals surface area contributed by atoms with Gasteiger partial charge in [-0.15, -0.1) is 11.6 Å². The lowest BCUT2D eigenvalue weighted by atomic mass is 10.0. The van der Waals surface area contributed by atoms with E-state index in [1.54, 1.807) is 0 Å². The summed E-state index contributed by atoms with van der Waals surface area (Å²) in [5.41, 5.74) is 3.16. The Kier molecular flexibility index (Phi) is 4.50. The molecule has 2 N–H and O–H groups in total. The zero-order valence-corrected chi connectivity index (χ0v) is 16.5. The minimum absolute atomic E-state index is 0.226. The van der Waals surface area contributed by atoms with Gasteiger partial charge in [0.2, 0.25) is 0 Å². The summed E-state index contributed by atoms with van der Waals surface area (Å²) in [6.45, 7) is 0. The molecule has 1 aromatic heterocycles. The number of hydrogen-bond acceptors (Lipinski definition) is 1. The molecule has 0 spiro atoms. The zero-order chi connectivity index (χ0) is 15.1. The van der Waals surface area contributed by atoms with E-state index >= 15 is 0 Å². The van der Waals surface area contributed by atoms with E-state index in [1.165, 1.54) is 0 Å². The van der Waals surface area contributed by atoms with Crippen LogP contribution in [0.4, 0.5) is 0 Å². The predicted molar refractivity (Wildman–Crippen MR) is 101 cm³/mol. The van der Waals surface area contributed by atoms with Crippen molar-refractivity contribution in [2.75, 3.05) is 0 Å². The molecule has 7 heteroatoms. The Labute approximate surface area is 155 Å². The van der Waals surface area contributed by atoms with Crippen LogP contribution in [-0.4, -0.2) is 9.97 Å². The Bertz CT molecular complexity index is 890. The van der Waals surface area contributed by atoms with Crippen molar-refractivity contribution >= 4 is 77.1 Å². The maximum atomic E-state index is 11.4. The van der Waals surface area contributed by atoms with Crippen LogP contribution in [0.2, 0.25) is 0 Å². The first-order valence-electron chi connectivity index (χ1n) is 5.96. The maximum absolute atomic E-state index is 11.4. The minimum atomic E-state index is -0.328. The van der Waals surface area contributed by atoms with E-state index in [0.29, 0.717) is 0 Å². The van der Waals surface area contributed by atoms with Gasteiger partial charge >= 0.3 is 5.69 Å². The minimum Gasteiger partial charge on any atom is -0.306 e. The van der Waals surface area contributed by atoms with Crippen LogP contribution in [0, 0.1) is 3.57 Å². The highest BCUT2D eigenvalue weighted by Gasteiger charge is 2.18. The van der Waals surface area contributed by atoms with Gasteiger partial charge in [-0.2, -0.15) is 0 Å². The van der Waals surface area contributed by atoms with Crippen molar-refractivity contribution in [3.63, 3.8) is 0 Å². The number of aromatic nitrogens is 2. The number of halogens is 4. The number of hydrogen-bond donors (Lipinski definition) is 2. The second kappa shape index (κ2) is 6.06. The van der Waals surface area contributed by atoms with Gasteiger partial charge in [-0.1, -0.05) is 31.9 Å². The Morgan fingerprint density at radius 3 is 2.33 bits per heavy atom. The first-order valence-corrected chi connectivity index (χ1v) is 9.06. The largest absolute Gasteiger partial charge is 0.323 e. The molecular formula is C14H8Br2ClIN2O. The predicted octanol–water partition coefficient (Wildman–Crippen LogP) is 5.31. The van der Waals surface area contributed by atoms with Gasteiger partial charge in [0.15, 0.2) is 0 Å². The number of aromatic amines is 2. The molecule has 0 saturated heterocycles. The fraction of sp³-hybridized carbons (Fsp3) is 0.0714. The third kappa shape index (κ3) is 3.09. The van der Waals surface area contributed by atoms with Crippen molar-refractivity contribution in [1.29, 1.82) is 0 Å². The topological polar surface area (TPSA) is 48.6 Å². The van der Waals surface area contributed by atoms with Crippen molar-refractivity contribution in [2.45, 2.75) is 5.38 Å². The summed E-state index contributed by atoms with van der Waals surface area (Å²) in [5.74, 6) is 0. The molecule has 0 aliphatic heterocycles. The smallest absolute Gasteiger partial charge is 0.306 e. The summed E-state index contributed by atoms with van der Waals surface area (Å²) in [7, 11) is 0. The van der Waals surface area contributed by atoms with Gasteiger partial charge in [0.1, 0.15) is 0 Å². The average Bonchev–Trinajstić information content (AvgIpc) is 2.79. The van der Waals surface area contributed by atoms with E-state index in [0.717, 1.165) is 34.7 Å². The maximum Gasteiger partial charge on any atom is 0.323 e. The van der Waals surface area contributed by atoms with Crippen molar-refractivity contribution in [3.05, 3.63) is 64.5 Å². The molecule has 0 aliphatic carbocycles. The lowest BCUT2D eigenvalue weighted by Crippen LogP contribution is -1.99. The molecule has 3 nitrogen and oxygen atoms in total. The van der Waals surface area contributed by atoms with Crippen LogP contribution in [0.3, 0.4) is 0 Å². The molecule has 3 aromatic rings. The van der Waals surface area contributed by atoms with Crippen LogP contribution in [0.25, 0.3) is 11.0 Å². The number of rotatable bonds is 2. The van der Waals surface area contributed by atoms with Gasteiger partial charge < -0.3 is 9.97 Å². The quantitative estimate of drug-likeness (QED) is 0.335. The van der Waals surface area contributed by atoms with Crippen LogP contribution in [0.15, 0.2) is 44.1 Å². The molecule has 1 heterocycles.